The van der Waals surface area contributed by atoms with Gasteiger partial charge in [0.15, 0.2) is 16.9 Å². The minimum absolute atomic E-state index is 0.0414. The number of fused-ring (bicyclic) bond motifs is 1. The Labute approximate surface area is 272 Å². The third-order valence-corrected chi connectivity index (χ3v) is 9.81. The summed E-state index contributed by atoms with van der Waals surface area (Å²) in [4.78, 5) is 62.7. The third kappa shape index (κ3) is 6.98. The van der Waals surface area contributed by atoms with Gasteiger partial charge in [-0.2, -0.15) is 0 Å². The zero-order valence-electron chi connectivity index (χ0n) is 24.3. The Hall–Kier alpha value is -3.98. The predicted octanol–water partition coefficient (Wildman–Crippen LogP) is 3.04. The molecule has 0 spiro atoms. The van der Waals surface area contributed by atoms with E-state index in [0.717, 1.165) is 22.5 Å². The highest BCUT2D eigenvalue weighted by Gasteiger charge is 2.58. The summed E-state index contributed by atoms with van der Waals surface area (Å²) >= 11 is 7.97. The van der Waals surface area contributed by atoms with Gasteiger partial charge in [0.05, 0.1) is 6.61 Å². The van der Waals surface area contributed by atoms with Gasteiger partial charge in [-0.1, -0.05) is 65.8 Å². The first-order valence-corrected chi connectivity index (χ1v) is 16.2. The van der Waals surface area contributed by atoms with Gasteiger partial charge in [0.25, 0.3) is 5.91 Å². The Morgan fingerprint density at radius 1 is 1.11 bits per heavy atom. The second-order valence-corrected chi connectivity index (χ2v) is 12.5. The van der Waals surface area contributed by atoms with Crippen LogP contribution in [0.4, 0.5) is 5.13 Å². The monoisotopic (exact) mass is 671 g/mol. The van der Waals surface area contributed by atoms with Gasteiger partial charge in [-0.3, -0.25) is 19.2 Å². The van der Waals surface area contributed by atoms with E-state index in [1.807, 2.05) is 60.7 Å². The number of carbonyl (C=O) groups is 4. The van der Waals surface area contributed by atoms with Crippen molar-refractivity contribution in [3.63, 3.8) is 0 Å². The Morgan fingerprint density at radius 3 is 2.38 bits per heavy atom. The molecule has 2 aliphatic heterocycles. The number of rotatable bonds is 12. The van der Waals surface area contributed by atoms with Crippen LogP contribution in [0.3, 0.4) is 0 Å². The number of alkyl halides is 1. The van der Waals surface area contributed by atoms with Gasteiger partial charge in [-0.05, 0) is 11.1 Å². The van der Waals surface area contributed by atoms with E-state index in [9.17, 15) is 19.2 Å². The van der Waals surface area contributed by atoms with Crippen molar-refractivity contribution in [3.8, 4) is 0 Å². The molecule has 1 aromatic heterocycles. The largest absolute Gasteiger partial charge is 0.452 e. The first-order chi connectivity index (χ1) is 21.8. The number of hydrogen-bond donors (Lipinski definition) is 2. The number of anilines is 1. The van der Waals surface area contributed by atoms with E-state index in [1.54, 1.807) is 4.90 Å². The fraction of sp³-hybridized carbons (Fsp3) is 0.333. The summed E-state index contributed by atoms with van der Waals surface area (Å²) in [5.74, 6) is -1.93. The summed E-state index contributed by atoms with van der Waals surface area (Å²) < 4.78 is 11.7. The number of amides is 3. The van der Waals surface area contributed by atoms with Crippen LogP contribution in [0.25, 0.3) is 0 Å². The van der Waals surface area contributed by atoms with Crippen LogP contribution >= 0.6 is 34.7 Å². The van der Waals surface area contributed by atoms with Crippen LogP contribution < -0.4 is 10.6 Å². The quantitative estimate of drug-likeness (QED) is 0.0975. The zero-order valence-corrected chi connectivity index (χ0v) is 26.7. The molecule has 236 valence electrons. The molecule has 2 unspecified atom stereocenters. The maximum atomic E-state index is 13.9. The van der Waals surface area contributed by atoms with Crippen molar-refractivity contribution >= 4 is 69.2 Å². The third-order valence-electron chi connectivity index (χ3n) is 7.23. The lowest BCUT2D eigenvalue weighted by atomic mass is 9.87. The number of nitrogens with zero attached hydrogens (tertiary/aromatic N) is 3. The zero-order chi connectivity index (χ0) is 32.0. The maximum absolute atomic E-state index is 13.9. The fourth-order valence-corrected chi connectivity index (χ4v) is 7.38. The maximum Gasteiger partial charge on any atom is 0.318 e. The lowest BCUT2D eigenvalue weighted by Gasteiger charge is -2.54. The molecule has 3 aromatic rings. The van der Waals surface area contributed by atoms with Gasteiger partial charge in [0.2, 0.25) is 11.8 Å². The average molecular weight is 672 g/mol. The van der Waals surface area contributed by atoms with Crippen molar-refractivity contribution in [2.45, 2.75) is 17.5 Å². The number of oxime groups is 1. The molecule has 12 nitrogen and oxygen atoms in total. The van der Waals surface area contributed by atoms with Gasteiger partial charge in [-0.25, -0.2) is 4.98 Å². The Bertz CT molecular complexity index is 1540. The van der Waals surface area contributed by atoms with Crippen molar-refractivity contribution in [2.75, 3.05) is 44.3 Å². The lowest BCUT2D eigenvalue weighted by molar-refractivity contribution is -0.169. The molecule has 5 rings (SSSR count). The van der Waals surface area contributed by atoms with Crippen LogP contribution in [0.2, 0.25) is 0 Å². The van der Waals surface area contributed by atoms with E-state index in [-0.39, 0.29) is 41.5 Å². The molecule has 3 amide bonds. The summed E-state index contributed by atoms with van der Waals surface area (Å²) in [5.41, 5.74) is 0.483. The van der Waals surface area contributed by atoms with Gasteiger partial charge in [0, 0.05) is 24.8 Å². The molecule has 15 heteroatoms. The van der Waals surface area contributed by atoms with Gasteiger partial charge >= 0.3 is 5.97 Å². The average Bonchev–Trinajstić information content (AvgIpc) is 3.53. The Balaban J connectivity index is 1.29. The number of β-lactam (4-membered cyclic amide) rings is 1. The highest BCUT2D eigenvalue weighted by atomic mass is 35.5. The van der Waals surface area contributed by atoms with Crippen LogP contribution in [0.5, 0.6) is 0 Å². The highest BCUT2D eigenvalue weighted by molar-refractivity contribution is 8.00. The van der Waals surface area contributed by atoms with Crippen molar-refractivity contribution < 1.29 is 33.5 Å². The number of thioether (sulfide) groups is 1. The standard InChI is InChI=1S/C30H30ClN5O7S2/c1-41-16-30(28(40)43-24(18-9-5-3-6-10-18)19-11-7-4-8-12-19)15-36-26(39)23(27(36)45-17-30)34-25(38)22(35-42-2)20-14-44-29(32-20)33-21(37)13-31/h3-12,14,23-24,27H,13,15-17H2,1-2H3,(H,34,38)(H,32,33,37)/t23?,27-,30?/m1/s1. The van der Waals surface area contributed by atoms with Crippen LogP contribution in [0, 0.1) is 5.41 Å². The summed E-state index contributed by atoms with van der Waals surface area (Å²) in [6.07, 6.45) is -0.650. The van der Waals surface area contributed by atoms with E-state index in [1.165, 1.54) is 31.4 Å². The van der Waals surface area contributed by atoms with Crippen LogP contribution in [-0.4, -0.2) is 89.7 Å². The molecule has 2 fully saturated rings. The number of carbonyl (C=O) groups excluding carboxylic acids is 4. The Kier molecular flexibility index (Phi) is 10.4. The van der Waals surface area contributed by atoms with Crippen molar-refractivity contribution in [2.24, 2.45) is 10.6 Å². The molecule has 3 heterocycles. The van der Waals surface area contributed by atoms with Crippen molar-refractivity contribution in [3.05, 3.63) is 82.9 Å². The molecule has 2 N–H and O–H groups in total. The molecule has 0 radical (unpaired) electrons. The summed E-state index contributed by atoms with van der Waals surface area (Å²) in [6.45, 7) is 0.104. The van der Waals surface area contributed by atoms with Gasteiger partial charge in [-0.15, -0.1) is 34.7 Å². The number of thiazole rings is 1. The smallest absolute Gasteiger partial charge is 0.318 e. The molecule has 2 aromatic carbocycles. The number of aromatic nitrogens is 1. The minimum Gasteiger partial charge on any atom is -0.452 e. The van der Waals surface area contributed by atoms with Crippen molar-refractivity contribution in [1.29, 1.82) is 0 Å². The van der Waals surface area contributed by atoms with Gasteiger partial charge in [0.1, 0.15) is 35.5 Å². The first-order valence-electron chi connectivity index (χ1n) is 13.8. The van der Waals surface area contributed by atoms with E-state index >= 15 is 0 Å². The topological polar surface area (TPSA) is 149 Å². The van der Waals surface area contributed by atoms with Crippen LogP contribution in [-0.2, 0) is 33.5 Å². The number of hydrogen-bond acceptors (Lipinski definition) is 11. The molecule has 3 atom stereocenters. The second kappa shape index (κ2) is 14.4. The molecule has 45 heavy (non-hydrogen) atoms. The number of methoxy groups -OCH3 is 1. The van der Waals surface area contributed by atoms with E-state index < -0.39 is 40.7 Å². The first kappa shape index (κ1) is 32.4. The second-order valence-electron chi connectivity index (χ2n) is 10.3. The Morgan fingerprint density at radius 2 is 1.78 bits per heavy atom. The molecule has 0 bridgehead atoms. The molecule has 2 aliphatic rings. The summed E-state index contributed by atoms with van der Waals surface area (Å²) in [7, 11) is 2.78. The molecular formula is C30H30ClN5O7S2. The van der Waals surface area contributed by atoms with E-state index in [4.69, 9.17) is 25.9 Å². The van der Waals surface area contributed by atoms with Crippen LogP contribution in [0.15, 0.2) is 71.2 Å². The highest BCUT2D eigenvalue weighted by Crippen LogP contribution is 2.44. The molecule has 0 saturated carbocycles. The SMILES string of the molecule is COCC1(C(=O)OC(c2ccccc2)c2ccccc2)CS[C@@H]2C(NC(=O)C(=NOC)c3csc(NC(=O)CCl)n3)C(=O)N2C1. The fourth-order valence-electron chi connectivity index (χ4n) is 5.09. The minimum atomic E-state index is -1.13. The van der Waals surface area contributed by atoms with Crippen molar-refractivity contribution in [1.82, 2.24) is 15.2 Å². The summed E-state index contributed by atoms with van der Waals surface area (Å²) in [6, 6.07) is 18.0. The lowest BCUT2D eigenvalue weighted by Crippen LogP contribution is -2.74. The number of esters is 1. The van der Waals surface area contributed by atoms with Crippen LogP contribution in [0.1, 0.15) is 22.9 Å². The van der Waals surface area contributed by atoms with Gasteiger partial charge < -0.3 is 29.8 Å². The predicted molar refractivity (Wildman–Crippen MR) is 170 cm³/mol. The summed E-state index contributed by atoms with van der Waals surface area (Å²) in [5, 5.41) is 10.4. The molecule has 0 aliphatic carbocycles. The normalized spacial score (nSPS) is 21.0. The number of nitrogens with one attached hydrogen (secondary N) is 2. The molecule has 2 saturated heterocycles. The number of halogens is 1. The molecular weight excluding hydrogens is 642 g/mol. The van der Waals surface area contributed by atoms with E-state index in [0.29, 0.717) is 5.75 Å². The number of benzene rings is 2. The van der Waals surface area contributed by atoms with E-state index in [2.05, 4.69) is 20.8 Å². The number of ether oxygens (including phenoxy) is 2.